The van der Waals surface area contributed by atoms with Crippen LogP contribution in [0.25, 0.3) is 5.69 Å². The Hall–Kier alpha value is -4.27. The largest absolute Gasteiger partial charge is 0.456 e. The highest BCUT2D eigenvalue weighted by Gasteiger charge is 2.25. The lowest BCUT2D eigenvalue weighted by molar-refractivity contribution is 0.0746. The molecule has 1 saturated heterocycles. The van der Waals surface area contributed by atoms with Gasteiger partial charge in [0.2, 0.25) is 5.95 Å². The Balaban J connectivity index is 1.21. The number of piperazine rings is 1. The third-order valence-corrected chi connectivity index (χ3v) is 5.27. The molecule has 1 fully saturated rings. The first-order chi connectivity index (χ1) is 15.8. The fourth-order valence-corrected chi connectivity index (χ4v) is 3.62. The van der Waals surface area contributed by atoms with Gasteiger partial charge in [-0.3, -0.25) is 9.78 Å². The Kier molecular flexibility index (Phi) is 5.44. The van der Waals surface area contributed by atoms with Crippen molar-refractivity contribution < 1.29 is 9.53 Å². The van der Waals surface area contributed by atoms with Gasteiger partial charge in [0, 0.05) is 37.9 Å². The van der Waals surface area contributed by atoms with Crippen LogP contribution in [0, 0.1) is 0 Å². The number of hydrogen-bond acceptors (Lipinski definition) is 7. The zero-order chi connectivity index (χ0) is 21.8. The zero-order valence-corrected chi connectivity index (χ0v) is 17.3. The molecule has 0 aliphatic carbocycles. The van der Waals surface area contributed by atoms with Gasteiger partial charge in [0.1, 0.15) is 11.5 Å². The molecule has 4 aromatic rings. The molecule has 1 aliphatic heterocycles. The maximum absolute atomic E-state index is 13.0. The standard InChI is InChI=1S/C23H21N7O2/c31-22(18-8-10-20(11-9-18)32-21-7-4-12-24-17-21)28-13-15-29(16-14-28)23-25-26-27-30(23)19-5-2-1-3-6-19/h1-12,17H,13-16H2. The number of rotatable bonds is 5. The van der Waals surface area contributed by atoms with E-state index in [0.717, 1.165) is 5.69 Å². The summed E-state index contributed by atoms with van der Waals surface area (Å²) in [5, 5.41) is 12.2. The van der Waals surface area contributed by atoms with Gasteiger partial charge in [-0.15, -0.1) is 0 Å². The van der Waals surface area contributed by atoms with Crippen molar-refractivity contribution in [2.75, 3.05) is 31.1 Å². The molecule has 32 heavy (non-hydrogen) atoms. The third kappa shape index (κ3) is 4.13. The van der Waals surface area contributed by atoms with Crippen LogP contribution >= 0.6 is 0 Å². The zero-order valence-electron chi connectivity index (χ0n) is 17.3. The summed E-state index contributed by atoms with van der Waals surface area (Å²) in [5.41, 5.74) is 1.53. The second kappa shape index (κ2) is 8.84. The van der Waals surface area contributed by atoms with Crippen molar-refractivity contribution in [1.82, 2.24) is 30.1 Å². The minimum Gasteiger partial charge on any atom is -0.456 e. The molecule has 2 aromatic carbocycles. The Morgan fingerprint density at radius 1 is 0.844 bits per heavy atom. The predicted octanol–water partition coefficient (Wildman–Crippen LogP) is 2.81. The molecule has 3 heterocycles. The summed E-state index contributed by atoms with van der Waals surface area (Å²) in [5.74, 6) is 1.99. The highest BCUT2D eigenvalue weighted by atomic mass is 16.5. The summed E-state index contributed by atoms with van der Waals surface area (Å²) in [7, 11) is 0. The summed E-state index contributed by atoms with van der Waals surface area (Å²) >= 11 is 0. The number of pyridine rings is 1. The van der Waals surface area contributed by atoms with Crippen LogP contribution in [0.3, 0.4) is 0 Å². The van der Waals surface area contributed by atoms with Crippen molar-refractivity contribution in [2.45, 2.75) is 0 Å². The van der Waals surface area contributed by atoms with E-state index >= 15 is 0 Å². The molecule has 0 bridgehead atoms. The number of amides is 1. The van der Waals surface area contributed by atoms with E-state index in [-0.39, 0.29) is 5.91 Å². The van der Waals surface area contributed by atoms with Crippen molar-refractivity contribution in [3.63, 3.8) is 0 Å². The topological polar surface area (TPSA) is 89.3 Å². The fraction of sp³-hybridized carbons (Fsp3) is 0.174. The smallest absolute Gasteiger partial charge is 0.253 e. The molecule has 160 valence electrons. The molecule has 0 spiro atoms. The van der Waals surface area contributed by atoms with Crippen molar-refractivity contribution >= 4 is 11.9 Å². The summed E-state index contributed by atoms with van der Waals surface area (Å²) in [4.78, 5) is 20.9. The maximum atomic E-state index is 13.0. The van der Waals surface area contributed by atoms with Crippen LogP contribution in [0.4, 0.5) is 5.95 Å². The van der Waals surface area contributed by atoms with Gasteiger partial charge < -0.3 is 14.5 Å². The average molecular weight is 427 g/mol. The van der Waals surface area contributed by atoms with E-state index in [9.17, 15) is 4.79 Å². The summed E-state index contributed by atoms with van der Waals surface area (Å²) < 4.78 is 7.47. The monoisotopic (exact) mass is 427 g/mol. The summed E-state index contributed by atoms with van der Waals surface area (Å²) in [6, 6.07) is 20.6. The lowest BCUT2D eigenvalue weighted by atomic mass is 10.1. The van der Waals surface area contributed by atoms with Crippen LogP contribution in [-0.2, 0) is 0 Å². The van der Waals surface area contributed by atoms with Gasteiger partial charge in [-0.1, -0.05) is 23.3 Å². The van der Waals surface area contributed by atoms with Crippen molar-refractivity contribution in [3.8, 4) is 17.2 Å². The van der Waals surface area contributed by atoms with Crippen LogP contribution in [0.5, 0.6) is 11.5 Å². The summed E-state index contributed by atoms with van der Waals surface area (Å²) in [6.45, 7) is 2.49. The molecule has 0 radical (unpaired) electrons. The van der Waals surface area contributed by atoms with E-state index in [1.165, 1.54) is 0 Å². The number of carbonyl (C=O) groups excluding carboxylic acids is 1. The fourth-order valence-electron chi connectivity index (χ4n) is 3.62. The Bertz CT molecular complexity index is 1170. The number of anilines is 1. The predicted molar refractivity (Wildman–Crippen MR) is 118 cm³/mol. The molecule has 2 aromatic heterocycles. The minimum atomic E-state index is 0.000212. The van der Waals surface area contributed by atoms with Crippen LogP contribution in [0.15, 0.2) is 79.1 Å². The first-order valence-corrected chi connectivity index (χ1v) is 10.3. The first-order valence-electron chi connectivity index (χ1n) is 10.3. The number of hydrogen-bond donors (Lipinski definition) is 0. The average Bonchev–Trinajstić information content (AvgIpc) is 3.35. The second-order valence-corrected chi connectivity index (χ2v) is 7.32. The highest BCUT2D eigenvalue weighted by Crippen LogP contribution is 2.22. The van der Waals surface area contributed by atoms with E-state index in [0.29, 0.717) is 49.2 Å². The summed E-state index contributed by atoms with van der Waals surface area (Å²) in [6.07, 6.45) is 3.34. The normalized spacial score (nSPS) is 13.8. The molecule has 9 heteroatoms. The lowest BCUT2D eigenvalue weighted by Crippen LogP contribution is -2.49. The number of tetrazole rings is 1. The lowest BCUT2D eigenvalue weighted by Gasteiger charge is -2.34. The number of carbonyl (C=O) groups is 1. The van der Waals surface area contributed by atoms with Gasteiger partial charge in [-0.05, 0) is 59.0 Å². The molecular weight excluding hydrogens is 406 g/mol. The third-order valence-electron chi connectivity index (χ3n) is 5.27. The van der Waals surface area contributed by atoms with Crippen LogP contribution < -0.4 is 9.64 Å². The van der Waals surface area contributed by atoms with E-state index in [4.69, 9.17) is 4.74 Å². The Morgan fingerprint density at radius 3 is 2.34 bits per heavy atom. The van der Waals surface area contributed by atoms with Crippen molar-refractivity contribution in [1.29, 1.82) is 0 Å². The SMILES string of the molecule is O=C(c1ccc(Oc2cccnc2)cc1)N1CCN(c2nnnn2-c2ccccc2)CC1. The van der Waals surface area contributed by atoms with Gasteiger partial charge in [-0.2, -0.15) is 4.68 Å². The minimum absolute atomic E-state index is 0.000212. The van der Waals surface area contributed by atoms with Gasteiger partial charge in [0.25, 0.3) is 5.91 Å². The first kappa shape index (κ1) is 19.7. The Labute approximate surface area is 184 Å². The molecule has 1 aliphatic rings. The molecule has 0 unspecified atom stereocenters. The molecule has 0 N–H and O–H groups in total. The van der Waals surface area contributed by atoms with Gasteiger partial charge in [0.15, 0.2) is 0 Å². The maximum Gasteiger partial charge on any atom is 0.253 e. The van der Waals surface area contributed by atoms with Crippen LogP contribution in [0.1, 0.15) is 10.4 Å². The highest BCUT2D eigenvalue weighted by molar-refractivity contribution is 5.94. The van der Waals surface area contributed by atoms with Gasteiger partial charge >= 0.3 is 0 Å². The molecule has 5 rings (SSSR count). The molecule has 1 amide bonds. The number of nitrogens with zero attached hydrogens (tertiary/aromatic N) is 7. The van der Waals surface area contributed by atoms with Gasteiger partial charge in [0.05, 0.1) is 11.9 Å². The molecule has 9 nitrogen and oxygen atoms in total. The van der Waals surface area contributed by atoms with E-state index < -0.39 is 0 Å². The number of aromatic nitrogens is 5. The van der Waals surface area contributed by atoms with E-state index in [1.807, 2.05) is 47.4 Å². The number of ether oxygens (including phenoxy) is 1. The van der Waals surface area contributed by atoms with Gasteiger partial charge in [-0.25, -0.2) is 0 Å². The Morgan fingerprint density at radius 2 is 1.62 bits per heavy atom. The van der Waals surface area contributed by atoms with E-state index in [1.54, 1.807) is 41.3 Å². The quantitative estimate of drug-likeness (QED) is 0.484. The number of benzene rings is 2. The molecule has 0 saturated carbocycles. The van der Waals surface area contributed by atoms with Crippen LogP contribution in [0.2, 0.25) is 0 Å². The second-order valence-electron chi connectivity index (χ2n) is 7.32. The van der Waals surface area contributed by atoms with Crippen molar-refractivity contribution in [2.24, 2.45) is 0 Å². The molecular formula is C23H21N7O2. The van der Waals surface area contributed by atoms with Crippen LogP contribution in [-0.4, -0.2) is 62.2 Å². The molecule has 0 atom stereocenters. The number of para-hydroxylation sites is 1. The van der Waals surface area contributed by atoms with Crippen molar-refractivity contribution in [3.05, 3.63) is 84.7 Å². The van der Waals surface area contributed by atoms with E-state index in [2.05, 4.69) is 25.4 Å².